The van der Waals surface area contributed by atoms with E-state index in [0.29, 0.717) is 5.56 Å². The Morgan fingerprint density at radius 3 is 2.92 bits per heavy atom. The third kappa shape index (κ3) is 2.17. The van der Waals surface area contributed by atoms with Gasteiger partial charge in [-0.05, 0) is 12.1 Å². The second-order valence-corrected chi connectivity index (χ2v) is 3.03. The molecule has 0 amide bonds. The number of carbonyl (C=O) groups is 1. The van der Waals surface area contributed by atoms with Crippen LogP contribution in [0.25, 0.3) is 0 Å². The molecule has 0 saturated carbocycles. The number of ketones is 1. The van der Waals surface area contributed by atoms with Gasteiger partial charge in [0.05, 0.1) is 0 Å². The number of carbonyl (C=O) groups excluding carboxylic acids is 1. The van der Waals surface area contributed by atoms with Crippen LogP contribution in [0.1, 0.15) is 10.4 Å². The van der Waals surface area contributed by atoms with Gasteiger partial charge in [0.25, 0.3) is 0 Å². The highest BCUT2D eigenvalue weighted by atomic mass is 79.9. The summed E-state index contributed by atoms with van der Waals surface area (Å²) in [5.41, 5.74) is 0.488. The molecule has 0 heterocycles. The van der Waals surface area contributed by atoms with Crippen LogP contribution in [-0.4, -0.2) is 17.2 Å². The summed E-state index contributed by atoms with van der Waals surface area (Å²) < 4.78 is 0.819. The van der Waals surface area contributed by atoms with Crippen LogP contribution < -0.4 is 0 Å². The molecule has 0 saturated heterocycles. The van der Waals surface area contributed by atoms with Crippen LogP contribution >= 0.6 is 15.9 Å². The van der Waals surface area contributed by atoms with Gasteiger partial charge in [-0.2, -0.15) is 0 Å². The monoisotopic (exact) mass is 227 g/mol. The molecule has 0 fully saturated rings. The van der Waals surface area contributed by atoms with Crippen LogP contribution in [0.5, 0.6) is 0 Å². The molecule has 12 heavy (non-hydrogen) atoms. The summed E-state index contributed by atoms with van der Waals surface area (Å²) in [6.07, 6.45) is 0.863. The zero-order valence-corrected chi connectivity index (χ0v) is 7.65. The lowest BCUT2D eigenvalue weighted by Gasteiger charge is -1.94. The molecule has 0 aliphatic heterocycles. The zero-order valence-electron chi connectivity index (χ0n) is 6.07. The van der Waals surface area contributed by atoms with E-state index in [-0.39, 0.29) is 5.78 Å². The zero-order chi connectivity index (χ0) is 8.97. The van der Waals surface area contributed by atoms with E-state index in [1.54, 1.807) is 18.2 Å². The van der Waals surface area contributed by atoms with Crippen molar-refractivity contribution in [3.8, 4) is 0 Å². The second-order valence-electron chi connectivity index (χ2n) is 2.12. The summed E-state index contributed by atoms with van der Waals surface area (Å²) in [6, 6.07) is 6.86. The van der Waals surface area contributed by atoms with E-state index in [0.717, 1.165) is 10.7 Å². The Morgan fingerprint density at radius 2 is 2.33 bits per heavy atom. The Labute approximate surface area is 77.8 Å². The summed E-state index contributed by atoms with van der Waals surface area (Å²) >= 11 is 3.22. The molecule has 62 valence electrons. The molecule has 1 N–H and O–H groups in total. The van der Waals surface area contributed by atoms with Crippen molar-refractivity contribution in [3.05, 3.63) is 34.3 Å². The topological polar surface area (TPSA) is 49.7 Å². The van der Waals surface area contributed by atoms with Crippen LogP contribution in [0.4, 0.5) is 0 Å². The molecular weight excluding hydrogens is 222 g/mol. The van der Waals surface area contributed by atoms with Gasteiger partial charge in [-0.25, -0.2) is 0 Å². The van der Waals surface area contributed by atoms with E-state index in [1.807, 2.05) is 6.07 Å². The van der Waals surface area contributed by atoms with Gasteiger partial charge in [-0.3, -0.25) is 4.79 Å². The third-order valence-corrected chi connectivity index (χ3v) is 1.78. The van der Waals surface area contributed by atoms with Crippen molar-refractivity contribution < 1.29 is 10.0 Å². The summed E-state index contributed by atoms with van der Waals surface area (Å²) in [5, 5.41) is 10.8. The average molecular weight is 228 g/mol. The first kappa shape index (κ1) is 8.93. The maximum absolute atomic E-state index is 11.1. The van der Waals surface area contributed by atoms with Crippen molar-refractivity contribution in [2.75, 3.05) is 0 Å². The molecule has 0 aliphatic rings. The van der Waals surface area contributed by atoms with E-state index in [9.17, 15) is 4.79 Å². The van der Waals surface area contributed by atoms with Crippen molar-refractivity contribution in [2.24, 2.45) is 5.16 Å². The fourth-order valence-corrected chi connectivity index (χ4v) is 1.17. The van der Waals surface area contributed by atoms with Crippen molar-refractivity contribution in [3.63, 3.8) is 0 Å². The molecular formula is C8H6BrNO2. The third-order valence-electron chi connectivity index (χ3n) is 1.28. The Kier molecular flexibility index (Phi) is 2.99. The molecule has 0 unspecified atom stereocenters. The first-order valence-corrected chi connectivity index (χ1v) is 4.00. The smallest absolute Gasteiger partial charge is 0.207 e. The van der Waals surface area contributed by atoms with Crippen molar-refractivity contribution in [1.82, 2.24) is 0 Å². The Balaban J connectivity index is 2.96. The number of nitrogens with zero attached hydrogens (tertiary/aromatic N) is 1. The van der Waals surface area contributed by atoms with Gasteiger partial charge in [0.15, 0.2) is 0 Å². The molecule has 0 radical (unpaired) electrons. The summed E-state index contributed by atoms with van der Waals surface area (Å²) in [4.78, 5) is 11.1. The van der Waals surface area contributed by atoms with Crippen LogP contribution in [0.3, 0.4) is 0 Å². The van der Waals surface area contributed by atoms with E-state index in [2.05, 4.69) is 21.1 Å². The van der Waals surface area contributed by atoms with E-state index >= 15 is 0 Å². The minimum atomic E-state index is -0.321. The summed E-state index contributed by atoms with van der Waals surface area (Å²) in [7, 11) is 0. The maximum atomic E-state index is 11.1. The quantitative estimate of drug-likeness (QED) is 0.364. The van der Waals surface area contributed by atoms with Crippen molar-refractivity contribution >= 4 is 27.9 Å². The average Bonchev–Trinajstić information content (AvgIpc) is 2.05. The minimum absolute atomic E-state index is 0.321. The molecule has 0 aliphatic carbocycles. The van der Waals surface area contributed by atoms with Gasteiger partial charge in [0.1, 0.15) is 6.21 Å². The minimum Gasteiger partial charge on any atom is -0.411 e. The Hall–Kier alpha value is -1.16. The van der Waals surface area contributed by atoms with Gasteiger partial charge in [-0.15, -0.1) is 0 Å². The first-order valence-electron chi connectivity index (χ1n) is 3.21. The number of halogens is 1. The lowest BCUT2D eigenvalue weighted by Crippen LogP contribution is -1.99. The van der Waals surface area contributed by atoms with E-state index in [1.165, 1.54) is 0 Å². The summed E-state index contributed by atoms with van der Waals surface area (Å²) in [5.74, 6) is -0.321. The van der Waals surface area contributed by atoms with Crippen LogP contribution in [-0.2, 0) is 0 Å². The molecule has 3 nitrogen and oxygen atoms in total. The number of rotatable bonds is 2. The molecule has 0 spiro atoms. The van der Waals surface area contributed by atoms with Gasteiger partial charge in [0.2, 0.25) is 5.78 Å². The van der Waals surface area contributed by atoms with Crippen LogP contribution in [0.2, 0.25) is 0 Å². The largest absolute Gasteiger partial charge is 0.411 e. The van der Waals surface area contributed by atoms with Crippen LogP contribution in [0, 0.1) is 0 Å². The Morgan fingerprint density at radius 1 is 1.58 bits per heavy atom. The van der Waals surface area contributed by atoms with Crippen molar-refractivity contribution in [1.29, 1.82) is 0 Å². The highest BCUT2D eigenvalue weighted by molar-refractivity contribution is 9.10. The normalized spacial score (nSPS) is 10.4. The highest BCUT2D eigenvalue weighted by Gasteiger charge is 2.01. The number of Topliss-reactive ketones (excluding diaryl/α,β-unsaturated/α-hetero) is 1. The van der Waals surface area contributed by atoms with Crippen molar-refractivity contribution in [2.45, 2.75) is 0 Å². The van der Waals surface area contributed by atoms with E-state index < -0.39 is 0 Å². The van der Waals surface area contributed by atoms with E-state index in [4.69, 9.17) is 5.21 Å². The lowest BCUT2D eigenvalue weighted by molar-refractivity contribution is 0.106. The van der Waals surface area contributed by atoms with Gasteiger partial charge in [0, 0.05) is 10.0 Å². The van der Waals surface area contributed by atoms with Crippen LogP contribution in [0.15, 0.2) is 33.9 Å². The molecule has 1 rings (SSSR count). The molecule has 1 aromatic carbocycles. The highest BCUT2D eigenvalue weighted by Crippen LogP contribution is 2.11. The number of hydrogen-bond acceptors (Lipinski definition) is 3. The second kappa shape index (κ2) is 4.01. The molecule has 4 heteroatoms. The Bertz CT molecular complexity index is 323. The fourth-order valence-electron chi connectivity index (χ4n) is 0.769. The fraction of sp³-hybridized carbons (Fsp3) is 0. The standard InChI is InChI=1S/C8H6BrNO2/c9-7-3-1-2-6(4-7)8(11)5-10-12/h1-5,12H/b10-5-. The molecule has 1 aromatic rings. The number of oxime groups is 1. The number of hydrogen-bond donors (Lipinski definition) is 1. The predicted molar refractivity (Wildman–Crippen MR) is 48.8 cm³/mol. The molecule has 0 bridgehead atoms. The predicted octanol–water partition coefficient (Wildman–Crippen LogP) is 2.09. The lowest BCUT2D eigenvalue weighted by atomic mass is 10.1. The van der Waals surface area contributed by atoms with Gasteiger partial charge < -0.3 is 5.21 Å². The van der Waals surface area contributed by atoms with Gasteiger partial charge >= 0.3 is 0 Å². The first-order chi connectivity index (χ1) is 5.74. The summed E-state index contributed by atoms with van der Waals surface area (Å²) in [6.45, 7) is 0. The molecule has 0 aromatic heterocycles. The SMILES string of the molecule is O=C(/C=N\O)c1cccc(Br)c1. The van der Waals surface area contributed by atoms with Gasteiger partial charge in [-0.1, -0.05) is 33.2 Å². The molecule has 0 atom stereocenters. The maximum Gasteiger partial charge on any atom is 0.207 e. The number of benzene rings is 1.